The van der Waals surface area contributed by atoms with Gasteiger partial charge in [0.05, 0.1) is 33.0 Å². The van der Waals surface area contributed by atoms with Crippen LogP contribution in [0.25, 0.3) is 21.6 Å². The van der Waals surface area contributed by atoms with Crippen LogP contribution in [0.4, 0.5) is 0 Å². The van der Waals surface area contributed by atoms with Crippen molar-refractivity contribution in [3.8, 4) is 11.1 Å². The molecule has 0 saturated carbocycles. The number of rotatable bonds is 15. The van der Waals surface area contributed by atoms with E-state index in [2.05, 4.69) is 15.0 Å². The second-order valence-corrected chi connectivity index (χ2v) is 7.62. The van der Waals surface area contributed by atoms with Gasteiger partial charge < -0.3 is 14.2 Å². The number of nitrogens with zero attached hydrogens (tertiary/aromatic N) is 4. The first-order chi connectivity index (χ1) is 16.2. The average molecular weight is 453 g/mol. The summed E-state index contributed by atoms with van der Waals surface area (Å²) in [6, 6.07) is 9.72. The van der Waals surface area contributed by atoms with Crippen molar-refractivity contribution in [1.82, 2.24) is 4.98 Å². The number of hydrogen-bond donors (Lipinski definition) is 0. The van der Waals surface area contributed by atoms with E-state index in [1.54, 1.807) is 6.20 Å². The standard InChI is InChI=1S/C24H28N4O5/c25-28-27-7-9-32-11-13-33-12-10-31-8-1-2-24(30)23-17-20(5-6-26-23)18-3-4-19-15-22(29)16-21(19)14-18/h3-6,14,17H,1-2,7-13,15-16H2. The average Bonchev–Trinajstić information content (AvgIpc) is 3.21. The molecule has 0 radical (unpaired) electrons. The number of aromatic nitrogens is 1. The van der Waals surface area contributed by atoms with Crippen LogP contribution in [-0.4, -0.2) is 62.7 Å². The number of hydrogen-bond acceptors (Lipinski definition) is 7. The third kappa shape index (κ3) is 8.07. The van der Waals surface area contributed by atoms with Gasteiger partial charge >= 0.3 is 0 Å². The molecule has 1 aliphatic carbocycles. The normalized spacial score (nSPS) is 12.4. The molecule has 0 spiro atoms. The number of ketones is 2. The van der Waals surface area contributed by atoms with Gasteiger partial charge in [-0.3, -0.25) is 14.6 Å². The van der Waals surface area contributed by atoms with E-state index >= 15 is 0 Å². The predicted octanol–water partition coefficient (Wildman–Crippen LogP) is 3.74. The quantitative estimate of drug-likeness (QED) is 0.133. The van der Waals surface area contributed by atoms with E-state index in [1.165, 1.54) is 0 Å². The summed E-state index contributed by atoms with van der Waals surface area (Å²) in [4.78, 5) is 31.1. The largest absolute Gasteiger partial charge is 0.379 e. The van der Waals surface area contributed by atoms with Crippen LogP contribution in [-0.2, 0) is 31.8 Å². The molecule has 3 rings (SSSR count). The van der Waals surface area contributed by atoms with Gasteiger partial charge in [-0.2, -0.15) is 0 Å². The van der Waals surface area contributed by atoms with Crippen molar-refractivity contribution in [2.75, 3.05) is 46.2 Å². The van der Waals surface area contributed by atoms with E-state index in [0.29, 0.717) is 77.6 Å². The molecule has 1 aliphatic rings. The summed E-state index contributed by atoms with van der Waals surface area (Å²) in [5, 5.41) is 3.37. The molecule has 0 saturated heterocycles. The molecule has 9 nitrogen and oxygen atoms in total. The molecule has 0 aliphatic heterocycles. The molecular formula is C24H28N4O5. The lowest BCUT2D eigenvalue weighted by molar-refractivity contribution is -0.117. The van der Waals surface area contributed by atoms with Crippen LogP contribution in [0.5, 0.6) is 0 Å². The van der Waals surface area contributed by atoms with Gasteiger partial charge in [0.15, 0.2) is 5.78 Å². The molecule has 0 unspecified atom stereocenters. The summed E-state index contributed by atoms with van der Waals surface area (Å²) in [6.45, 7) is 2.94. The first-order valence-corrected chi connectivity index (χ1v) is 11.0. The van der Waals surface area contributed by atoms with Gasteiger partial charge in [0.25, 0.3) is 0 Å². The number of fused-ring (bicyclic) bond motifs is 1. The highest BCUT2D eigenvalue weighted by Crippen LogP contribution is 2.27. The van der Waals surface area contributed by atoms with Crippen LogP contribution in [0.2, 0.25) is 0 Å². The third-order valence-electron chi connectivity index (χ3n) is 5.20. The molecule has 1 aromatic carbocycles. The number of benzene rings is 1. The fourth-order valence-corrected chi connectivity index (χ4v) is 3.55. The smallest absolute Gasteiger partial charge is 0.181 e. The lowest BCUT2D eigenvalue weighted by Gasteiger charge is -2.08. The Morgan fingerprint density at radius 3 is 2.42 bits per heavy atom. The minimum atomic E-state index is -0.0223. The lowest BCUT2D eigenvalue weighted by Crippen LogP contribution is -2.11. The molecule has 0 N–H and O–H groups in total. The second-order valence-electron chi connectivity index (χ2n) is 7.62. The Bertz CT molecular complexity index is 1000. The van der Waals surface area contributed by atoms with Crippen molar-refractivity contribution in [2.24, 2.45) is 5.11 Å². The Kier molecular flexibility index (Phi) is 10.0. The highest BCUT2D eigenvalue weighted by molar-refractivity contribution is 5.95. The number of pyridine rings is 1. The summed E-state index contributed by atoms with van der Waals surface area (Å²) in [5.74, 6) is 0.223. The van der Waals surface area contributed by atoms with Gasteiger partial charge in [-0.25, -0.2) is 0 Å². The van der Waals surface area contributed by atoms with E-state index in [9.17, 15) is 9.59 Å². The zero-order valence-corrected chi connectivity index (χ0v) is 18.6. The van der Waals surface area contributed by atoms with E-state index in [0.717, 1.165) is 22.3 Å². The maximum Gasteiger partial charge on any atom is 0.181 e. The summed E-state index contributed by atoms with van der Waals surface area (Å²) in [7, 11) is 0. The first-order valence-electron chi connectivity index (χ1n) is 11.0. The summed E-state index contributed by atoms with van der Waals surface area (Å²) >= 11 is 0. The Hall–Kier alpha value is -3.10. The van der Waals surface area contributed by atoms with Crippen molar-refractivity contribution >= 4 is 11.6 Å². The molecule has 174 valence electrons. The van der Waals surface area contributed by atoms with E-state index in [4.69, 9.17) is 19.7 Å². The highest BCUT2D eigenvalue weighted by Gasteiger charge is 2.18. The molecule has 33 heavy (non-hydrogen) atoms. The van der Waals surface area contributed by atoms with E-state index in [-0.39, 0.29) is 11.6 Å². The van der Waals surface area contributed by atoms with Crippen molar-refractivity contribution in [2.45, 2.75) is 25.7 Å². The van der Waals surface area contributed by atoms with E-state index < -0.39 is 0 Å². The zero-order chi connectivity index (χ0) is 23.3. The maximum absolute atomic E-state index is 12.5. The van der Waals surface area contributed by atoms with Gasteiger partial charge in [0.2, 0.25) is 0 Å². The van der Waals surface area contributed by atoms with Crippen molar-refractivity contribution in [3.63, 3.8) is 0 Å². The van der Waals surface area contributed by atoms with Crippen molar-refractivity contribution in [1.29, 1.82) is 0 Å². The molecule has 1 aromatic heterocycles. The molecule has 9 heteroatoms. The van der Waals surface area contributed by atoms with Gasteiger partial charge in [-0.05, 0) is 46.3 Å². The Morgan fingerprint density at radius 1 is 0.939 bits per heavy atom. The van der Waals surface area contributed by atoms with Gasteiger partial charge in [-0.15, -0.1) is 0 Å². The van der Waals surface area contributed by atoms with Gasteiger partial charge in [0, 0.05) is 43.5 Å². The number of ether oxygens (including phenoxy) is 3. The van der Waals surface area contributed by atoms with Crippen LogP contribution in [0.3, 0.4) is 0 Å². The summed E-state index contributed by atoms with van der Waals surface area (Å²) in [5.41, 5.74) is 12.6. The maximum atomic E-state index is 12.5. The monoisotopic (exact) mass is 452 g/mol. The number of Topliss-reactive ketones (excluding diaryl/α,β-unsaturated/α-hetero) is 2. The fraction of sp³-hybridized carbons (Fsp3) is 0.458. The molecular weight excluding hydrogens is 424 g/mol. The molecule has 2 aromatic rings. The number of carbonyl (C=O) groups is 2. The topological polar surface area (TPSA) is 123 Å². The SMILES string of the molecule is [N-]=[N+]=NCCOCCOCCOCCCC(=O)c1cc(-c2ccc3c(c2)CC(=O)C3)ccn1. The van der Waals surface area contributed by atoms with Crippen LogP contribution in [0, 0.1) is 0 Å². The van der Waals surface area contributed by atoms with Crippen LogP contribution >= 0.6 is 0 Å². The van der Waals surface area contributed by atoms with Crippen LogP contribution < -0.4 is 0 Å². The Morgan fingerprint density at radius 2 is 1.64 bits per heavy atom. The highest BCUT2D eigenvalue weighted by atomic mass is 16.5. The van der Waals surface area contributed by atoms with Crippen LogP contribution in [0.1, 0.15) is 34.5 Å². The number of azide groups is 1. The Balaban J connectivity index is 1.32. The second kappa shape index (κ2) is 13.4. The summed E-state index contributed by atoms with van der Waals surface area (Å²) in [6.07, 6.45) is 3.61. The van der Waals surface area contributed by atoms with Crippen molar-refractivity contribution in [3.05, 3.63) is 63.8 Å². The number of carbonyl (C=O) groups excluding carboxylic acids is 2. The minimum Gasteiger partial charge on any atom is -0.379 e. The molecule has 0 amide bonds. The molecule has 0 atom stereocenters. The third-order valence-corrected chi connectivity index (χ3v) is 5.20. The Labute approximate surface area is 192 Å². The summed E-state index contributed by atoms with van der Waals surface area (Å²) < 4.78 is 16.1. The van der Waals surface area contributed by atoms with Crippen molar-refractivity contribution < 1.29 is 23.8 Å². The first kappa shape index (κ1) is 24.5. The predicted molar refractivity (Wildman–Crippen MR) is 122 cm³/mol. The van der Waals surface area contributed by atoms with Gasteiger partial charge in [-0.1, -0.05) is 23.3 Å². The fourth-order valence-electron chi connectivity index (χ4n) is 3.55. The zero-order valence-electron chi connectivity index (χ0n) is 18.6. The van der Waals surface area contributed by atoms with Gasteiger partial charge in [0.1, 0.15) is 11.5 Å². The minimum absolute atomic E-state index is 0.0223. The molecule has 0 fully saturated rings. The van der Waals surface area contributed by atoms with Crippen LogP contribution in [0.15, 0.2) is 41.6 Å². The molecule has 1 heterocycles. The lowest BCUT2D eigenvalue weighted by atomic mass is 10.00. The van der Waals surface area contributed by atoms with E-state index in [1.807, 2.05) is 30.3 Å². The molecule has 0 bridgehead atoms.